The van der Waals surface area contributed by atoms with Gasteiger partial charge in [0.1, 0.15) is 17.0 Å². The minimum Gasteiger partial charge on any atom is -0.395 e. The van der Waals surface area contributed by atoms with Crippen molar-refractivity contribution in [1.29, 1.82) is 0 Å². The molecule has 0 bridgehead atoms. The van der Waals surface area contributed by atoms with Gasteiger partial charge in [0.2, 0.25) is 0 Å². The zero-order valence-corrected chi connectivity index (χ0v) is 12.9. The summed E-state index contributed by atoms with van der Waals surface area (Å²) in [6.45, 7) is 4.78. The van der Waals surface area contributed by atoms with Gasteiger partial charge < -0.3 is 10.4 Å². The average molecular weight is 299 g/mol. The second-order valence-electron chi connectivity index (χ2n) is 5.02. The molecule has 0 atom stereocenters. The monoisotopic (exact) mass is 299 g/mol. The Hall–Kier alpha value is -1.98. The number of rotatable bonds is 4. The number of benzene rings is 1. The fourth-order valence-corrected chi connectivity index (χ4v) is 3.40. The molecule has 0 aliphatic carbocycles. The molecule has 3 aromatic rings. The van der Waals surface area contributed by atoms with Crippen molar-refractivity contribution in [2.45, 2.75) is 13.8 Å². The van der Waals surface area contributed by atoms with Gasteiger partial charge in [0, 0.05) is 17.5 Å². The first kappa shape index (κ1) is 14.0. The molecule has 2 aromatic heterocycles. The zero-order valence-electron chi connectivity index (χ0n) is 12.1. The SMILES string of the molecule is Cc1ccc(-c2csc3ncnc(NCCO)c23)c(C)c1. The van der Waals surface area contributed by atoms with Crippen LogP contribution >= 0.6 is 11.3 Å². The van der Waals surface area contributed by atoms with E-state index < -0.39 is 0 Å². The normalized spacial score (nSPS) is 11.0. The highest BCUT2D eigenvalue weighted by atomic mass is 32.1. The molecule has 0 aliphatic rings. The van der Waals surface area contributed by atoms with Crippen LogP contribution < -0.4 is 5.32 Å². The van der Waals surface area contributed by atoms with E-state index in [1.165, 1.54) is 16.7 Å². The molecule has 2 heterocycles. The lowest BCUT2D eigenvalue weighted by molar-refractivity contribution is 0.311. The number of hydrogen-bond donors (Lipinski definition) is 2. The summed E-state index contributed by atoms with van der Waals surface area (Å²) in [7, 11) is 0. The van der Waals surface area contributed by atoms with Gasteiger partial charge in [-0.2, -0.15) is 0 Å². The van der Waals surface area contributed by atoms with E-state index in [0.29, 0.717) is 6.54 Å². The highest BCUT2D eigenvalue weighted by molar-refractivity contribution is 7.17. The second-order valence-corrected chi connectivity index (χ2v) is 5.88. The average Bonchev–Trinajstić information content (AvgIpc) is 2.89. The zero-order chi connectivity index (χ0) is 14.8. The fourth-order valence-electron chi connectivity index (χ4n) is 2.50. The molecule has 0 saturated carbocycles. The van der Waals surface area contributed by atoms with Gasteiger partial charge in [0.05, 0.1) is 12.0 Å². The third-order valence-corrected chi connectivity index (χ3v) is 4.33. The van der Waals surface area contributed by atoms with Gasteiger partial charge in [0.25, 0.3) is 0 Å². The third kappa shape index (κ3) is 2.62. The maximum atomic E-state index is 9.01. The van der Waals surface area contributed by atoms with Crippen LogP contribution in [-0.4, -0.2) is 28.2 Å². The Morgan fingerprint density at radius 2 is 2.05 bits per heavy atom. The lowest BCUT2D eigenvalue weighted by Crippen LogP contribution is -2.07. The van der Waals surface area contributed by atoms with Crippen LogP contribution in [0, 0.1) is 13.8 Å². The highest BCUT2D eigenvalue weighted by Gasteiger charge is 2.14. The Balaban J connectivity index is 2.18. The highest BCUT2D eigenvalue weighted by Crippen LogP contribution is 2.37. The summed E-state index contributed by atoms with van der Waals surface area (Å²) in [4.78, 5) is 9.63. The molecule has 5 heteroatoms. The molecule has 1 aromatic carbocycles. The summed E-state index contributed by atoms with van der Waals surface area (Å²) in [5.41, 5.74) is 4.85. The molecule has 0 spiro atoms. The molecular formula is C16H17N3OS. The van der Waals surface area contributed by atoms with Crippen molar-refractivity contribution in [2.24, 2.45) is 0 Å². The summed E-state index contributed by atoms with van der Waals surface area (Å²) in [6.07, 6.45) is 1.56. The quantitative estimate of drug-likeness (QED) is 0.775. The van der Waals surface area contributed by atoms with E-state index in [9.17, 15) is 0 Å². The number of nitrogens with one attached hydrogen (secondary N) is 1. The molecule has 21 heavy (non-hydrogen) atoms. The van der Waals surface area contributed by atoms with Crippen LogP contribution in [0.5, 0.6) is 0 Å². The van der Waals surface area contributed by atoms with Crippen molar-refractivity contribution in [3.05, 3.63) is 41.0 Å². The van der Waals surface area contributed by atoms with E-state index in [0.717, 1.165) is 21.6 Å². The van der Waals surface area contributed by atoms with Crippen LogP contribution in [0.25, 0.3) is 21.3 Å². The first-order valence-corrected chi connectivity index (χ1v) is 7.73. The molecule has 3 rings (SSSR count). The summed E-state index contributed by atoms with van der Waals surface area (Å²) in [5.74, 6) is 0.783. The van der Waals surface area contributed by atoms with Gasteiger partial charge in [-0.15, -0.1) is 11.3 Å². The predicted octanol–water partition coefficient (Wildman–Crippen LogP) is 3.38. The van der Waals surface area contributed by atoms with Crippen LogP contribution in [0.4, 0.5) is 5.82 Å². The van der Waals surface area contributed by atoms with Gasteiger partial charge >= 0.3 is 0 Å². The van der Waals surface area contributed by atoms with Crippen molar-refractivity contribution in [1.82, 2.24) is 9.97 Å². The van der Waals surface area contributed by atoms with E-state index in [-0.39, 0.29) is 6.61 Å². The van der Waals surface area contributed by atoms with Crippen molar-refractivity contribution in [3.63, 3.8) is 0 Å². The standard InChI is InChI=1S/C16H17N3OS/c1-10-3-4-12(11(2)7-10)13-8-21-16-14(13)15(17-5-6-20)18-9-19-16/h3-4,7-9,20H,5-6H2,1-2H3,(H,17,18,19). The number of hydrogen-bond acceptors (Lipinski definition) is 5. The third-order valence-electron chi connectivity index (χ3n) is 3.45. The molecule has 0 unspecified atom stereocenters. The number of anilines is 1. The topological polar surface area (TPSA) is 58.0 Å². The molecule has 0 saturated heterocycles. The minimum atomic E-state index is 0.0779. The van der Waals surface area contributed by atoms with Crippen molar-refractivity contribution in [3.8, 4) is 11.1 Å². The number of aromatic nitrogens is 2. The molecule has 0 fully saturated rings. The van der Waals surface area contributed by atoms with E-state index >= 15 is 0 Å². The molecule has 0 amide bonds. The van der Waals surface area contributed by atoms with Crippen LogP contribution in [0.15, 0.2) is 29.9 Å². The Labute approximate surface area is 127 Å². The summed E-state index contributed by atoms with van der Waals surface area (Å²) < 4.78 is 0. The second kappa shape index (κ2) is 5.79. The molecule has 0 aliphatic heterocycles. The molecular weight excluding hydrogens is 282 g/mol. The van der Waals surface area contributed by atoms with E-state index in [2.05, 4.69) is 52.7 Å². The van der Waals surface area contributed by atoms with Gasteiger partial charge in [0.15, 0.2) is 0 Å². The summed E-state index contributed by atoms with van der Waals surface area (Å²) >= 11 is 1.62. The van der Waals surface area contributed by atoms with Crippen LogP contribution in [0.3, 0.4) is 0 Å². The summed E-state index contributed by atoms with van der Waals surface area (Å²) in [5, 5.41) is 15.3. The van der Waals surface area contributed by atoms with Gasteiger partial charge in [-0.05, 0) is 25.0 Å². The molecule has 108 valence electrons. The molecule has 0 radical (unpaired) electrons. The fraction of sp³-hybridized carbons (Fsp3) is 0.250. The van der Waals surface area contributed by atoms with Crippen LogP contribution in [-0.2, 0) is 0 Å². The number of aliphatic hydroxyl groups excluding tert-OH is 1. The number of aliphatic hydroxyl groups is 1. The van der Waals surface area contributed by atoms with E-state index in [1.54, 1.807) is 17.7 Å². The van der Waals surface area contributed by atoms with E-state index in [4.69, 9.17) is 5.11 Å². The minimum absolute atomic E-state index is 0.0779. The number of thiophene rings is 1. The lowest BCUT2D eigenvalue weighted by Gasteiger charge is -2.09. The Kier molecular flexibility index (Phi) is 3.86. The molecule has 4 nitrogen and oxygen atoms in total. The lowest BCUT2D eigenvalue weighted by atomic mass is 9.99. The Morgan fingerprint density at radius 3 is 2.81 bits per heavy atom. The maximum absolute atomic E-state index is 9.01. The van der Waals surface area contributed by atoms with Gasteiger partial charge in [-0.1, -0.05) is 23.8 Å². The van der Waals surface area contributed by atoms with Crippen molar-refractivity contribution < 1.29 is 5.11 Å². The van der Waals surface area contributed by atoms with Crippen molar-refractivity contribution >= 4 is 27.4 Å². The molecule has 2 N–H and O–H groups in total. The van der Waals surface area contributed by atoms with E-state index in [1.807, 2.05) is 0 Å². The predicted molar refractivity (Wildman–Crippen MR) is 87.9 cm³/mol. The summed E-state index contributed by atoms with van der Waals surface area (Å²) in [6, 6.07) is 6.45. The Bertz CT molecular complexity index is 782. The van der Waals surface area contributed by atoms with Crippen LogP contribution in [0.2, 0.25) is 0 Å². The number of fused-ring (bicyclic) bond motifs is 1. The Morgan fingerprint density at radius 1 is 1.19 bits per heavy atom. The smallest absolute Gasteiger partial charge is 0.138 e. The number of nitrogens with zero attached hydrogens (tertiary/aromatic N) is 2. The van der Waals surface area contributed by atoms with Crippen molar-refractivity contribution in [2.75, 3.05) is 18.5 Å². The number of aryl methyl sites for hydroxylation is 2. The van der Waals surface area contributed by atoms with Gasteiger partial charge in [-0.3, -0.25) is 0 Å². The first-order chi connectivity index (χ1) is 10.2. The van der Waals surface area contributed by atoms with Gasteiger partial charge in [-0.25, -0.2) is 9.97 Å². The first-order valence-electron chi connectivity index (χ1n) is 6.85. The van der Waals surface area contributed by atoms with Crippen LogP contribution in [0.1, 0.15) is 11.1 Å². The maximum Gasteiger partial charge on any atom is 0.138 e. The largest absolute Gasteiger partial charge is 0.395 e.